The molecule has 0 aromatic carbocycles. The fraction of sp³-hybridized carbons (Fsp3) is 0.882. The van der Waals surface area contributed by atoms with Gasteiger partial charge in [0.15, 0.2) is 0 Å². The van der Waals surface area contributed by atoms with Crippen LogP contribution in [0.4, 0.5) is 0 Å². The molecule has 0 atom stereocenters. The van der Waals surface area contributed by atoms with Gasteiger partial charge in [0.25, 0.3) is 0 Å². The highest BCUT2D eigenvalue weighted by Gasteiger charge is 2.15. The first-order valence-electron chi connectivity index (χ1n) is 7.96. The smallest absolute Gasteiger partial charge is 0.0334 e. The van der Waals surface area contributed by atoms with Crippen LogP contribution in [0.15, 0.2) is 12.2 Å². The summed E-state index contributed by atoms with van der Waals surface area (Å²) in [5.74, 6) is 0. The minimum absolute atomic E-state index is 0.132. The second-order valence-electron chi connectivity index (χ2n) is 5.93. The third-order valence-corrected chi connectivity index (χ3v) is 3.31. The van der Waals surface area contributed by atoms with Crippen LogP contribution in [-0.4, -0.2) is 12.1 Å². The highest BCUT2D eigenvalue weighted by atomic mass is 14.9. The molecule has 1 heteroatoms. The van der Waals surface area contributed by atoms with E-state index in [0.717, 1.165) is 13.0 Å². The maximum Gasteiger partial charge on any atom is 0.0334 e. The van der Waals surface area contributed by atoms with E-state index >= 15 is 0 Å². The van der Waals surface area contributed by atoms with Crippen molar-refractivity contribution < 1.29 is 0 Å². The highest BCUT2D eigenvalue weighted by Crippen LogP contribution is 2.12. The lowest BCUT2D eigenvalue weighted by atomic mass is 9.99. The van der Waals surface area contributed by atoms with E-state index in [-0.39, 0.29) is 5.54 Å². The molecule has 0 saturated carbocycles. The predicted molar refractivity (Wildman–Crippen MR) is 83.1 cm³/mol. The van der Waals surface area contributed by atoms with E-state index in [0.29, 0.717) is 0 Å². The maximum atomic E-state index is 4.81. The Morgan fingerprint density at radius 3 is 2.17 bits per heavy atom. The zero-order valence-corrected chi connectivity index (χ0v) is 13.2. The van der Waals surface area contributed by atoms with Crippen LogP contribution in [0, 0.1) is 0 Å². The average molecular weight is 252 g/mol. The molecular formula is C17H34N. The first kappa shape index (κ1) is 17.7. The quantitative estimate of drug-likeness (QED) is 0.323. The van der Waals surface area contributed by atoms with Gasteiger partial charge in [-0.3, -0.25) is 0 Å². The lowest BCUT2D eigenvalue weighted by Crippen LogP contribution is -2.32. The van der Waals surface area contributed by atoms with E-state index in [9.17, 15) is 0 Å². The fourth-order valence-corrected chi connectivity index (χ4v) is 1.99. The van der Waals surface area contributed by atoms with Gasteiger partial charge < -0.3 is 0 Å². The molecule has 0 aromatic rings. The van der Waals surface area contributed by atoms with Gasteiger partial charge >= 0.3 is 0 Å². The molecule has 0 N–H and O–H groups in total. The van der Waals surface area contributed by atoms with E-state index in [1.54, 1.807) is 0 Å². The summed E-state index contributed by atoms with van der Waals surface area (Å²) in [6.07, 6.45) is 16.3. The zero-order valence-electron chi connectivity index (χ0n) is 13.2. The van der Waals surface area contributed by atoms with E-state index in [2.05, 4.69) is 39.8 Å². The van der Waals surface area contributed by atoms with Crippen molar-refractivity contribution in [2.45, 2.75) is 91.0 Å². The summed E-state index contributed by atoms with van der Waals surface area (Å²) in [6, 6.07) is 0. The number of unbranched alkanes of at least 4 members (excludes halogenated alkanes) is 6. The number of nitrogens with zero attached hydrogens (tertiary/aromatic N) is 1. The largest absolute Gasteiger partial charge is 0.235 e. The SMILES string of the molecule is CCCCC/C=C/CC(C)(C)[N]CCCCCC. The van der Waals surface area contributed by atoms with Crippen molar-refractivity contribution in [1.82, 2.24) is 5.32 Å². The zero-order chi connectivity index (χ0) is 13.7. The van der Waals surface area contributed by atoms with Crippen molar-refractivity contribution in [2.24, 2.45) is 0 Å². The van der Waals surface area contributed by atoms with Crippen molar-refractivity contribution >= 4 is 0 Å². The summed E-state index contributed by atoms with van der Waals surface area (Å²) in [5.41, 5.74) is 0.132. The fourth-order valence-electron chi connectivity index (χ4n) is 1.99. The molecule has 1 radical (unpaired) electrons. The number of rotatable bonds is 12. The summed E-state index contributed by atoms with van der Waals surface area (Å²) in [4.78, 5) is 0. The van der Waals surface area contributed by atoms with Gasteiger partial charge in [0.05, 0.1) is 0 Å². The second-order valence-corrected chi connectivity index (χ2v) is 5.93. The van der Waals surface area contributed by atoms with Crippen LogP contribution in [0.1, 0.15) is 85.5 Å². The predicted octanol–water partition coefficient (Wildman–Crippen LogP) is 5.48. The average Bonchev–Trinajstić information content (AvgIpc) is 2.33. The van der Waals surface area contributed by atoms with Crippen LogP contribution < -0.4 is 5.32 Å². The summed E-state index contributed by atoms with van der Waals surface area (Å²) in [5, 5.41) is 4.81. The number of hydrogen-bond acceptors (Lipinski definition) is 0. The molecule has 107 valence electrons. The standard InChI is InChI=1S/C17H34N/c1-5-7-9-11-12-13-15-17(3,4)18-16-14-10-8-6-2/h12-13H,5-11,14-16H2,1-4H3/b13-12+. The van der Waals surface area contributed by atoms with Crippen LogP contribution in [-0.2, 0) is 0 Å². The monoisotopic (exact) mass is 252 g/mol. The van der Waals surface area contributed by atoms with Crippen LogP contribution in [0.3, 0.4) is 0 Å². The molecule has 0 aliphatic carbocycles. The molecule has 0 rings (SSSR count). The topological polar surface area (TPSA) is 14.1 Å². The molecule has 0 heterocycles. The summed E-state index contributed by atoms with van der Waals surface area (Å²) in [6.45, 7) is 10.1. The van der Waals surface area contributed by atoms with E-state index in [1.807, 2.05) is 0 Å². The van der Waals surface area contributed by atoms with Crippen molar-refractivity contribution in [3.05, 3.63) is 12.2 Å². The van der Waals surface area contributed by atoms with Crippen LogP contribution in [0.2, 0.25) is 0 Å². The van der Waals surface area contributed by atoms with Gasteiger partial charge in [0.1, 0.15) is 0 Å². The van der Waals surface area contributed by atoms with Crippen LogP contribution in [0.25, 0.3) is 0 Å². The summed E-state index contributed by atoms with van der Waals surface area (Å²) in [7, 11) is 0. The third-order valence-electron chi connectivity index (χ3n) is 3.31. The van der Waals surface area contributed by atoms with Crippen molar-refractivity contribution in [2.75, 3.05) is 6.54 Å². The normalized spacial score (nSPS) is 12.4. The van der Waals surface area contributed by atoms with Crippen LogP contribution in [0.5, 0.6) is 0 Å². The first-order chi connectivity index (χ1) is 8.62. The van der Waals surface area contributed by atoms with Crippen molar-refractivity contribution in [1.29, 1.82) is 0 Å². The molecule has 0 fully saturated rings. The molecule has 0 amide bonds. The van der Waals surface area contributed by atoms with Crippen LogP contribution >= 0.6 is 0 Å². The Morgan fingerprint density at radius 2 is 1.50 bits per heavy atom. The molecule has 1 nitrogen and oxygen atoms in total. The third kappa shape index (κ3) is 12.2. The van der Waals surface area contributed by atoms with Gasteiger partial charge in [-0.15, -0.1) is 0 Å². The molecule has 0 aromatic heterocycles. The van der Waals surface area contributed by atoms with E-state index < -0.39 is 0 Å². The number of allylic oxidation sites excluding steroid dienone is 1. The lowest BCUT2D eigenvalue weighted by molar-refractivity contribution is 0.376. The Labute approximate surface area is 115 Å². The Morgan fingerprint density at radius 1 is 0.833 bits per heavy atom. The minimum Gasteiger partial charge on any atom is -0.235 e. The molecule has 0 aliphatic heterocycles. The van der Waals surface area contributed by atoms with Gasteiger partial charge in [-0.25, -0.2) is 5.32 Å². The number of hydrogen-bond donors (Lipinski definition) is 0. The first-order valence-corrected chi connectivity index (χ1v) is 7.96. The molecule has 0 aliphatic rings. The Bertz CT molecular complexity index is 194. The molecule has 0 unspecified atom stereocenters. The Kier molecular flexibility index (Phi) is 11.6. The van der Waals surface area contributed by atoms with E-state index in [1.165, 1.54) is 51.4 Å². The maximum absolute atomic E-state index is 4.81. The van der Waals surface area contributed by atoms with Gasteiger partial charge in [-0.05, 0) is 39.5 Å². The van der Waals surface area contributed by atoms with E-state index in [4.69, 9.17) is 5.32 Å². The summed E-state index contributed by atoms with van der Waals surface area (Å²) < 4.78 is 0. The Hall–Kier alpha value is -0.300. The second kappa shape index (κ2) is 11.8. The molecule has 0 saturated heterocycles. The lowest BCUT2D eigenvalue weighted by Gasteiger charge is -2.22. The highest BCUT2D eigenvalue weighted by molar-refractivity contribution is 4.91. The van der Waals surface area contributed by atoms with Gasteiger partial charge in [0, 0.05) is 12.1 Å². The minimum atomic E-state index is 0.132. The van der Waals surface area contributed by atoms with Gasteiger partial charge in [-0.1, -0.05) is 58.1 Å². The van der Waals surface area contributed by atoms with Crippen molar-refractivity contribution in [3.63, 3.8) is 0 Å². The van der Waals surface area contributed by atoms with Gasteiger partial charge in [0.2, 0.25) is 0 Å². The molecular weight excluding hydrogens is 218 g/mol. The van der Waals surface area contributed by atoms with Gasteiger partial charge in [-0.2, -0.15) is 0 Å². The van der Waals surface area contributed by atoms with Crippen molar-refractivity contribution in [3.8, 4) is 0 Å². The molecule has 0 bridgehead atoms. The Balaban J connectivity index is 3.53. The molecule has 0 spiro atoms. The molecule has 18 heavy (non-hydrogen) atoms. The summed E-state index contributed by atoms with van der Waals surface area (Å²) >= 11 is 0.